The molecule has 6 heteroatoms. The van der Waals surface area contributed by atoms with E-state index >= 15 is 0 Å². The fraction of sp³-hybridized carbons (Fsp3) is 0.250. The molecular formula is C24H28N2O4. The number of aromatic hydroxyl groups is 1. The summed E-state index contributed by atoms with van der Waals surface area (Å²) in [6.07, 6.45) is 0.00420. The van der Waals surface area contributed by atoms with Crippen LogP contribution in [0, 0.1) is 0 Å². The Morgan fingerprint density at radius 2 is 1.70 bits per heavy atom. The Morgan fingerprint density at radius 3 is 2.37 bits per heavy atom. The molecule has 0 amide bonds. The van der Waals surface area contributed by atoms with Crippen molar-refractivity contribution in [1.82, 2.24) is 5.32 Å². The fourth-order valence-corrected chi connectivity index (χ4v) is 3.30. The summed E-state index contributed by atoms with van der Waals surface area (Å²) in [7, 11) is 1.64. The maximum Gasteiger partial charge on any atom is 0.121 e. The van der Waals surface area contributed by atoms with Crippen LogP contribution in [0.1, 0.15) is 22.8 Å². The second kappa shape index (κ2) is 10.1. The standard InChI is InChI=1S/C24H28N2O4/c1-30-21-7-4-16(5-8-21)18-3-2-17(22(25)13-18)10-11-26-14-24(29)19-6-9-23(28)20(12-19)15-27/h2-9,12-13,24,26-29H,10-11,14-15,25H2,1H3/t24-/m0/s1. The molecule has 30 heavy (non-hydrogen) atoms. The number of anilines is 1. The smallest absolute Gasteiger partial charge is 0.121 e. The predicted molar refractivity (Wildman–Crippen MR) is 118 cm³/mol. The van der Waals surface area contributed by atoms with Crippen molar-refractivity contribution in [3.8, 4) is 22.6 Å². The van der Waals surface area contributed by atoms with Gasteiger partial charge in [-0.1, -0.05) is 30.3 Å². The molecule has 0 spiro atoms. The van der Waals surface area contributed by atoms with E-state index in [1.807, 2.05) is 36.4 Å². The van der Waals surface area contributed by atoms with Crippen LogP contribution in [0.25, 0.3) is 11.1 Å². The van der Waals surface area contributed by atoms with Gasteiger partial charge >= 0.3 is 0 Å². The highest BCUT2D eigenvalue weighted by Crippen LogP contribution is 2.26. The topological polar surface area (TPSA) is 108 Å². The molecule has 3 aromatic carbocycles. The van der Waals surface area contributed by atoms with Crippen LogP contribution in [-0.2, 0) is 13.0 Å². The Kier molecular flexibility index (Phi) is 7.30. The molecule has 0 aliphatic rings. The Balaban J connectivity index is 1.53. The minimum absolute atomic E-state index is 0.0231. The molecule has 0 saturated heterocycles. The average Bonchev–Trinajstić information content (AvgIpc) is 2.77. The number of nitrogen functional groups attached to an aromatic ring is 1. The lowest BCUT2D eigenvalue weighted by atomic mass is 10.0. The molecule has 6 nitrogen and oxygen atoms in total. The monoisotopic (exact) mass is 408 g/mol. The molecule has 0 radical (unpaired) electrons. The van der Waals surface area contributed by atoms with Gasteiger partial charge in [-0.25, -0.2) is 0 Å². The maximum absolute atomic E-state index is 10.3. The van der Waals surface area contributed by atoms with E-state index in [0.29, 0.717) is 24.2 Å². The minimum atomic E-state index is -0.731. The van der Waals surface area contributed by atoms with Crippen molar-refractivity contribution in [2.75, 3.05) is 25.9 Å². The molecule has 3 aromatic rings. The van der Waals surface area contributed by atoms with Crippen LogP contribution < -0.4 is 15.8 Å². The first-order valence-corrected chi connectivity index (χ1v) is 9.86. The number of aliphatic hydroxyl groups excluding tert-OH is 2. The van der Waals surface area contributed by atoms with E-state index in [1.54, 1.807) is 19.2 Å². The van der Waals surface area contributed by atoms with Crippen LogP contribution in [0.3, 0.4) is 0 Å². The summed E-state index contributed by atoms with van der Waals surface area (Å²) >= 11 is 0. The molecule has 0 saturated carbocycles. The number of aliphatic hydroxyl groups is 2. The van der Waals surface area contributed by atoms with Crippen molar-refractivity contribution in [2.24, 2.45) is 0 Å². The summed E-state index contributed by atoms with van der Waals surface area (Å²) in [5.74, 6) is 0.839. The van der Waals surface area contributed by atoms with Crippen LogP contribution in [-0.4, -0.2) is 35.5 Å². The molecule has 0 bridgehead atoms. The van der Waals surface area contributed by atoms with Gasteiger partial charge in [0.2, 0.25) is 0 Å². The van der Waals surface area contributed by atoms with E-state index in [-0.39, 0.29) is 12.4 Å². The first kappa shape index (κ1) is 21.6. The van der Waals surface area contributed by atoms with E-state index in [1.165, 1.54) is 6.07 Å². The van der Waals surface area contributed by atoms with Crippen LogP contribution in [0.2, 0.25) is 0 Å². The first-order chi connectivity index (χ1) is 14.5. The highest BCUT2D eigenvalue weighted by Gasteiger charge is 2.10. The van der Waals surface area contributed by atoms with E-state index in [4.69, 9.17) is 10.5 Å². The average molecular weight is 408 g/mol. The van der Waals surface area contributed by atoms with Crippen LogP contribution in [0.15, 0.2) is 60.7 Å². The van der Waals surface area contributed by atoms with Crippen molar-refractivity contribution in [3.05, 3.63) is 77.4 Å². The van der Waals surface area contributed by atoms with E-state index < -0.39 is 6.10 Å². The number of methoxy groups -OCH3 is 1. The second-order valence-electron chi connectivity index (χ2n) is 7.16. The zero-order valence-corrected chi connectivity index (χ0v) is 17.0. The maximum atomic E-state index is 10.3. The summed E-state index contributed by atoms with van der Waals surface area (Å²) in [5.41, 5.74) is 11.2. The highest BCUT2D eigenvalue weighted by molar-refractivity contribution is 5.69. The van der Waals surface area contributed by atoms with Crippen LogP contribution in [0.5, 0.6) is 11.5 Å². The zero-order chi connectivity index (χ0) is 21.5. The van der Waals surface area contributed by atoms with E-state index in [9.17, 15) is 15.3 Å². The third kappa shape index (κ3) is 5.30. The first-order valence-electron chi connectivity index (χ1n) is 9.86. The molecule has 1 atom stereocenters. The van der Waals surface area contributed by atoms with Gasteiger partial charge in [-0.2, -0.15) is 0 Å². The van der Waals surface area contributed by atoms with Crippen molar-refractivity contribution in [1.29, 1.82) is 0 Å². The van der Waals surface area contributed by atoms with Gasteiger partial charge in [-0.3, -0.25) is 0 Å². The number of hydrogen-bond donors (Lipinski definition) is 5. The SMILES string of the molecule is COc1ccc(-c2ccc(CCNC[C@H](O)c3ccc(O)c(CO)c3)c(N)c2)cc1. The molecule has 0 fully saturated rings. The molecule has 0 unspecified atom stereocenters. The lowest BCUT2D eigenvalue weighted by Gasteiger charge is -2.14. The fourth-order valence-electron chi connectivity index (χ4n) is 3.30. The number of phenols is 1. The van der Waals surface area contributed by atoms with Crippen molar-refractivity contribution >= 4 is 5.69 Å². The third-order valence-electron chi connectivity index (χ3n) is 5.14. The minimum Gasteiger partial charge on any atom is -0.508 e. The van der Waals surface area contributed by atoms with Crippen molar-refractivity contribution in [3.63, 3.8) is 0 Å². The lowest BCUT2D eigenvalue weighted by Crippen LogP contribution is -2.24. The number of nitrogens with two attached hydrogens (primary N) is 1. The largest absolute Gasteiger partial charge is 0.508 e. The molecule has 0 aromatic heterocycles. The van der Waals surface area contributed by atoms with E-state index in [0.717, 1.165) is 34.5 Å². The van der Waals surface area contributed by atoms with Crippen molar-refractivity contribution < 1.29 is 20.1 Å². The van der Waals surface area contributed by atoms with E-state index in [2.05, 4.69) is 11.4 Å². The zero-order valence-electron chi connectivity index (χ0n) is 17.0. The van der Waals surface area contributed by atoms with Crippen LogP contribution in [0.4, 0.5) is 5.69 Å². The van der Waals surface area contributed by atoms with Crippen molar-refractivity contribution in [2.45, 2.75) is 19.1 Å². The molecule has 3 rings (SSSR count). The Bertz CT molecular complexity index is 973. The summed E-state index contributed by atoms with van der Waals surface area (Å²) in [6, 6.07) is 18.6. The van der Waals surface area contributed by atoms with Gasteiger partial charge in [0.25, 0.3) is 0 Å². The number of nitrogens with one attached hydrogen (secondary N) is 1. The predicted octanol–water partition coefficient (Wildman–Crippen LogP) is 3.01. The quantitative estimate of drug-likeness (QED) is 0.275. The Morgan fingerprint density at radius 1 is 0.967 bits per heavy atom. The third-order valence-corrected chi connectivity index (χ3v) is 5.14. The van der Waals surface area contributed by atoms with Gasteiger partial charge in [0.15, 0.2) is 0 Å². The molecular weight excluding hydrogens is 380 g/mol. The number of ether oxygens (including phenoxy) is 1. The normalized spacial score (nSPS) is 12.0. The molecule has 6 N–H and O–H groups in total. The van der Waals surface area contributed by atoms with Gasteiger partial charge < -0.3 is 31.1 Å². The van der Waals surface area contributed by atoms with Gasteiger partial charge in [-0.05, 0) is 65.6 Å². The Hall–Kier alpha value is -3.06. The van der Waals surface area contributed by atoms with Gasteiger partial charge in [0, 0.05) is 17.8 Å². The van der Waals surface area contributed by atoms with Crippen LogP contribution >= 0.6 is 0 Å². The Labute approximate surface area is 176 Å². The second-order valence-corrected chi connectivity index (χ2v) is 7.16. The van der Waals surface area contributed by atoms with Gasteiger partial charge in [0.1, 0.15) is 11.5 Å². The molecule has 0 heterocycles. The summed E-state index contributed by atoms with van der Waals surface area (Å²) in [6.45, 7) is 0.749. The number of rotatable bonds is 9. The summed E-state index contributed by atoms with van der Waals surface area (Å²) in [4.78, 5) is 0. The summed E-state index contributed by atoms with van der Waals surface area (Å²) in [5, 5.41) is 32.4. The molecule has 158 valence electrons. The lowest BCUT2D eigenvalue weighted by molar-refractivity contribution is 0.174. The number of benzene rings is 3. The number of hydrogen-bond acceptors (Lipinski definition) is 6. The van der Waals surface area contributed by atoms with Gasteiger partial charge in [0.05, 0.1) is 19.8 Å². The molecule has 0 aliphatic carbocycles. The van der Waals surface area contributed by atoms with Gasteiger partial charge in [-0.15, -0.1) is 0 Å². The highest BCUT2D eigenvalue weighted by atomic mass is 16.5. The molecule has 0 aliphatic heterocycles. The summed E-state index contributed by atoms with van der Waals surface area (Å²) < 4.78 is 5.19.